The molecule has 0 amide bonds. The van der Waals surface area contributed by atoms with Gasteiger partial charge in [-0.15, -0.1) is 0 Å². The van der Waals surface area contributed by atoms with Gasteiger partial charge < -0.3 is 0 Å². The van der Waals surface area contributed by atoms with E-state index in [9.17, 15) is 21.8 Å². The van der Waals surface area contributed by atoms with Gasteiger partial charge in [-0.05, 0) is 36.4 Å². The van der Waals surface area contributed by atoms with Crippen LogP contribution in [0.3, 0.4) is 0 Å². The molecule has 0 spiro atoms. The fraction of sp³-hybridized carbons (Fsp3) is 0.0625. The van der Waals surface area contributed by atoms with Crippen LogP contribution in [0.2, 0.25) is 0 Å². The van der Waals surface area contributed by atoms with Crippen LogP contribution in [-0.4, -0.2) is 14.4 Å². The standard InChI is InChI=1S/C16H12F4N4OS/c17-12-3-1-2-10(8-12)15-14(9-22-23-15)24-26(21,25)13-6-4-11(5-7-13)16(18,19)20/h1-9H,(H,22,23)(H2,21,24,25). The smallest absolute Gasteiger partial charge is 0.276 e. The van der Waals surface area contributed by atoms with Crippen molar-refractivity contribution >= 4 is 15.6 Å². The van der Waals surface area contributed by atoms with Crippen molar-refractivity contribution in [3.8, 4) is 11.3 Å². The number of nitrogens with one attached hydrogen (secondary N) is 1. The Labute approximate surface area is 146 Å². The van der Waals surface area contributed by atoms with E-state index in [0.29, 0.717) is 5.56 Å². The van der Waals surface area contributed by atoms with Gasteiger partial charge in [0.25, 0.3) is 0 Å². The van der Waals surface area contributed by atoms with Gasteiger partial charge in [-0.25, -0.2) is 13.7 Å². The van der Waals surface area contributed by atoms with Gasteiger partial charge in [0.15, 0.2) is 0 Å². The quantitative estimate of drug-likeness (QED) is 0.661. The van der Waals surface area contributed by atoms with Crippen LogP contribution in [0, 0.1) is 5.82 Å². The Morgan fingerprint density at radius 2 is 1.81 bits per heavy atom. The number of benzene rings is 2. The van der Waals surface area contributed by atoms with Gasteiger partial charge in [0.1, 0.15) is 21.4 Å². The lowest BCUT2D eigenvalue weighted by Crippen LogP contribution is -2.13. The van der Waals surface area contributed by atoms with E-state index in [1.54, 1.807) is 6.07 Å². The summed E-state index contributed by atoms with van der Waals surface area (Å²) >= 11 is 0. The summed E-state index contributed by atoms with van der Waals surface area (Å²) in [5, 5.41) is 12.1. The summed E-state index contributed by atoms with van der Waals surface area (Å²) in [7, 11) is -3.53. The van der Waals surface area contributed by atoms with Crippen LogP contribution in [0.15, 0.2) is 64.0 Å². The maximum Gasteiger partial charge on any atom is 0.416 e. The van der Waals surface area contributed by atoms with E-state index in [2.05, 4.69) is 14.6 Å². The Balaban J connectivity index is 2.02. The van der Waals surface area contributed by atoms with E-state index in [1.165, 1.54) is 24.4 Å². The lowest BCUT2D eigenvalue weighted by molar-refractivity contribution is -0.137. The fourth-order valence-corrected chi connectivity index (χ4v) is 3.31. The van der Waals surface area contributed by atoms with Crippen LogP contribution < -0.4 is 5.14 Å². The minimum absolute atomic E-state index is 0.0723. The van der Waals surface area contributed by atoms with Gasteiger partial charge in [0, 0.05) is 5.56 Å². The SMILES string of the molecule is NS(=O)(=Nc1cn[nH]c1-c1cccc(F)c1)c1ccc(C(F)(F)F)cc1. The van der Waals surface area contributed by atoms with E-state index in [4.69, 9.17) is 5.14 Å². The Bertz CT molecular complexity index is 1050. The second-order valence-corrected chi connectivity index (χ2v) is 7.11. The first kappa shape index (κ1) is 18.1. The molecule has 10 heteroatoms. The fourth-order valence-electron chi connectivity index (χ4n) is 2.24. The van der Waals surface area contributed by atoms with Crippen molar-refractivity contribution in [3.05, 3.63) is 66.1 Å². The van der Waals surface area contributed by atoms with E-state index >= 15 is 0 Å². The average Bonchev–Trinajstić information content (AvgIpc) is 3.01. The van der Waals surface area contributed by atoms with Gasteiger partial charge in [-0.1, -0.05) is 12.1 Å². The van der Waals surface area contributed by atoms with E-state index < -0.39 is 27.5 Å². The summed E-state index contributed by atoms with van der Waals surface area (Å²) in [5.41, 5.74) is -0.0957. The monoisotopic (exact) mass is 384 g/mol. The number of aromatic nitrogens is 2. The molecule has 0 aliphatic rings. The molecule has 3 aromatic rings. The number of H-pyrrole nitrogens is 1. The van der Waals surface area contributed by atoms with Gasteiger partial charge in [0.2, 0.25) is 0 Å². The molecule has 2 aromatic carbocycles. The molecule has 0 radical (unpaired) electrons. The highest BCUT2D eigenvalue weighted by atomic mass is 32.2. The summed E-state index contributed by atoms with van der Waals surface area (Å²) in [6.45, 7) is 0. The number of hydrogen-bond acceptors (Lipinski definition) is 3. The van der Waals surface area contributed by atoms with Crippen molar-refractivity contribution < 1.29 is 21.8 Å². The third kappa shape index (κ3) is 3.75. The molecule has 1 unspecified atom stereocenters. The van der Waals surface area contributed by atoms with Crippen molar-refractivity contribution in [1.29, 1.82) is 0 Å². The third-order valence-corrected chi connectivity index (χ3v) is 4.90. The summed E-state index contributed by atoms with van der Waals surface area (Å²) in [6.07, 6.45) is -3.27. The maximum absolute atomic E-state index is 13.4. The first-order chi connectivity index (χ1) is 12.2. The zero-order valence-electron chi connectivity index (χ0n) is 13.0. The molecule has 0 aliphatic carbocycles. The van der Waals surface area contributed by atoms with E-state index in [1.807, 2.05) is 0 Å². The number of rotatable bonds is 3. The van der Waals surface area contributed by atoms with Crippen LogP contribution in [0.25, 0.3) is 11.3 Å². The first-order valence-corrected chi connectivity index (χ1v) is 8.76. The first-order valence-electron chi connectivity index (χ1n) is 7.18. The van der Waals surface area contributed by atoms with Gasteiger partial charge in [0.05, 0.1) is 22.3 Å². The molecule has 0 fully saturated rings. The second-order valence-electron chi connectivity index (χ2n) is 5.32. The van der Waals surface area contributed by atoms with Crippen molar-refractivity contribution in [1.82, 2.24) is 10.2 Å². The molecule has 0 saturated heterocycles. The Morgan fingerprint density at radius 3 is 2.42 bits per heavy atom. The normalized spacial score (nSPS) is 14.0. The van der Waals surface area contributed by atoms with Crippen LogP contribution >= 0.6 is 0 Å². The highest BCUT2D eigenvalue weighted by Gasteiger charge is 2.30. The summed E-state index contributed by atoms with van der Waals surface area (Å²) in [6, 6.07) is 9.12. The number of nitrogens with zero attached hydrogens (tertiary/aromatic N) is 2. The largest absolute Gasteiger partial charge is 0.416 e. The summed E-state index contributed by atoms with van der Waals surface area (Å²) in [5.74, 6) is -0.487. The highest BCUT2D eigenvalue weighted by Crippen LogP contribution is 2.32. The zero-order chi connectivity index (χ0) is 18.9. The lowest BCUT2D eigenvalue weighted by atomic mass is 10.1. The average molecular weight is 384 g/mol. The van der Waals surface area contributed by atoms with Crippen LogP contribution in [0.1, 0.15) is 5.56 Å². The van der Waals surface area contributed by atoms with Crippen LogP contribution in [0.4, 0.5) is 23.2 Å². The van der Waals surface area contributed by atoms with Gasteiger partial charge >= 0.3 is 6.18 Å². The molecule has 1 heterocycles. The molecule has 1 aromatic heterocycles. The molecule has 26 heavy (non-hydrogen) atoms. The van der Waals surface area contributed by atoms with E-state index in [-0.39, 0.29) is 16.3 Å². The van der Waals surface area contributed by atoms with Crippen molar-refractivity contribution in [2.75, 3.05) is 0 Å². The minimum Gasteiger partial charge on any atom is -0.276 e. The second kappa shape index (κ2) is 6.54. The zero-order valence-corrected chi connectivity index (χ0v) is 13.8. The topological polar surface area (TPSA) is 84.1 Å². The highest BCUT2D eigenvalue weighted by molar-refractivity contribution is 7.91. The number of aromatic amines is 1. The molecule has 1 atom stereocenters. The van der Waals surface area contributed by atoms with Gasteiger partial charge in [-0.3, -0.25) is 5.10 Å². The molecule has 3 rings (SSSR count). The van der Waals surface area contributed by atoms with E-state index in [0.717, 1.165) is 24.3 Å². The third-order valence-electron chi connectivity index (χ3n) is 3.49. The molecular weight excluding hydrogens is 372 g/mol. The minimum atomic E-state index is -4.51. The number of nitrogens with two attached hydrogens (primary N) is 1. The predicted octanol–water partition coefficient (Wildman–Crippen LogP) is 4.27. The summed E-state index contributed by atoms with van der Waals surface area (Å²) in [4.78, 5) is -0.0723. The molecule has 3 N–H and O–H groups in total. The van der Waals surface area contributed by atoms with Gasteiger partial charge in [-0.2, -0.15) is 22.6 Å². The van der Waals surface area contributed by atoms with Crippen molar-refractivity contribution in [2.24, 2.45) is 9.50 Å². The Kier molecular flexibility index (Phi) is 4.55. The molecule has 0 bridgehead atoms. The Morgan fingerprint density at radius 1 is 1.12 bits per heavy atom. The molecule has 0 saturated carbocycles. The molecule has 5 nitrogen and oxygen atoms in total. The van der Waals surface area contributed by atoms with Crippen LogP contribution in [0.5, 0.6) is 0 Å². The number of alkyl halides is 3. The van der Waals surface area contributed by atoms with Crippen LogP contribution in [-0.2, 0) is 16.1 Å². The summed E-state index contributed by atoms with van der Waals surface area (Å²) < 4.78 is 67.9. The van der Waals surface area contributed by atoms with Crippen molar-refractivity contribution in [3.63, 3.8) is 0 Å². The Hall–Kier alpha value is -2.72. The van der Waals surface area contributed by atoms with Crippen molar-refractivity contribution in [2.45, 2.75) is 11.1 Å². The molecular formula is C16H12F4N4OS. The number of hydrogen-bond donors (Lipinski definition) is 2. The number of halogens is 4. The maximum atomic E-state index is 13.4. The lowest BCUT2D eigenvalue weighted by Gasteiger charge is -2.09. The molecule has 136 valence electrons. The predicted molar refractivity (Wildman–Crippen MR) is 88.1 cm³/mol. The molecule has 0 aliphatic heterocycles.